The molecule has 2 fully saturated rings. The zero-order chi connectivity index (χ0) is 13.3. The number of aromatic nitrogens is 1. The molecule has 1 aliphatic carbocycles. The van der Waals surface area contributed by atoms with Gasteiger partial charge in [-0.05, 0) is 26.7 Å². The SMILES string of the molecule is Cc1cnc(C(C)N=C2NC3(CCCCC3)CS2)o1. The van der Waals surface area contributed by atoms with Crippen LogP contribution in [-0.4, -0.2) is 21.4 Å². The lowest BCUT2D eigenvalue weighted by Gasteiger charge is -2.32. The Morgan fingerprint density at radius 1 is 1.42 bits per heavy atom. The molecular formula is C14H21N3OS. The van der Waals surface area contributed by atoms with Crippen LogP contribution in [0.25, 0.3) is 0 Å². The number of hydrogen-bond acceptors (Lipinski definition) is 4. The highest BCUT2D eigenvalue weighted by Crippen LogP contribution is 2.36. The van der Waals surface area contributed by atoms with E-state index >= 15 is 0 Å². The first-order chi connectivity index (χ1) is 9.17. The summed E-state index contributed by atoms with van der Waals surface area (Å²) in [6.45, 7) is 3.95. The van der Waals surface area contributed by atoms with Gasteiger partial charge in [0.15, 0.2) is 5.17 Å². The number of nitrogens with zero attached hydrogens (tertiary/aromatic N) is 2. The molecule has 0 radical (unpaired) electrons. The summed E-state index contributed by atoms with van der Waals surface area (Å²) in [5, 5.41) is 4.72. The quantitative estimate of drug-likeness (QED) is 0.901. The molecule has 1 saturated heterocycles. The lowest BCUT2D eigenvalue weighted by atomic mass is 9.83. The molecule has 5 heteroatoms. The highest BCUT2D eigenvalue weighted by molar-refractivity contribution is 8.14. The number of thioether (sulfide) groups is 1. The molecule has 0 aromatic carbocycles. The van der Waals surface area contributed by atoms with Gasteiger partial charge in [-0.15, -0.1) is 0 Å². The number of aryl methyl sites for hydroxylation is 1. The van der Waals surface area contributed by atoms with Crippen LogP contribution < -0.4 is 5.32 Å². The van der Waals surface area contributed by atoms with Gasteiger partial charge in [-0.2, -0.15) is 0 Å². The smallest absolute Gasteiger partial charge is 0.218 e. The Kier molecular flexibility index (Phi) is 3.56. The summed E-state index contributed by atoms with van der Waals surface area (Å²) in [4.78, 5) is 8.97. The van der Waals surface area contributed by atoms with Gasteiger partial charge in [-0.3, -0.25) is 0 Å². The number of oxazole rings is 1. The standard InChI is InChI=1S/C14H21N3OS/c1-10-8-15-12(18-10)11(2)16-13-17-14(9-19-13)6-4-3-5-7-14/h8,11H,3-7,9H2,1-2H3,(H,16,17). The molecule has 104 valence electrons. The highest BCUT2D eigenvalue weighted by Gasteiger charge is 2.38. The summed E-state index contributed by atoms with van der Waals surface area (Å²) in [6.07, 6.45) is 8.39. The Morgan fingerprint density at radius 2 is 2.21 bits per heavy atom. The van der Waals surface area contributed by atoms with E-state index in [4.69, 9.17) is 9.41 Å². The van der Waals surface area contributed by atoms with Crippen molar-refractivity contribution in [3.8, 4) is 0 Å². The van der Waals surface area contributed by atoms with E-state index in [0.717, 1.165) is 16.7 Å². The van der Waals surface area contributed by atoms with Gasteiger partial charge in [-0.25, -0.2) is 9.98 Å². The second-order valence-corrected chi connectivity index (χ2v) is 6.64. The van der Waals surface area contributed by atoms with Gasteiger partial charge in [0.1, 0.15) is 11.8 Å². The van der Waals surface area contributed by atoms with Crippen molar-refractivity contribution in [3.05, 3.63) is 17.8 Å². The van der Waals surface area contributed by atoms with Gasteiger partial charge in [0.05, 0.1) is 6.20 Å². The van der Waals surface area contributed by atoms with Crippen LogP contribution in [0.15, 0.2) is 15.6 Å². The summed E-state index contributed by atoms with van der Waals surface area (Å²) >= 11 is 1.85. The molecule has 19 heavy (non-hydrogen) atoms. The Labute approximate surface area is 118 Å². The van der Waals surface area contributed by atoms with Gasteiger partial charge in [0.2, 0.25) is 5.89 Å². The van der Waals surface area contributed by atoms with Crippen LogP contribution in [0.4, 0.5) is 0 Å². The van der Waals surface area contributed by atoms with E-state index in [1.165, 1.54) is 32.1 Å². The molecule has 3 rings (SSSR count). The second kappa shape index (κ2) is 5.19. The maximum Gasteiger partial charge on any atom is 0.218 e. The Bertz CT molecular complexity index is 477. The van der Waals surface area contributed by atoms with E-state index < -0.39 is 0 Å². The van der Waals surface area contributed by atoms with E-state index in [1.54, 1.807) is 6.20 Å². The van der Waals surface area contributed by atoms with E-state index in [9.17, 15) is 0 Å². The van der Waals surface area contributed by atoms with E-state index in [2.05, 4.69) is 10.3 Å². The van der Waals surface area contributed by atoms with Gasteiger partial charge in [0.25, 0.3) is 0 Å². The van der Waals surface area contributed by atoms with Crippen LogP contribution in [0.2, 0.25) is 0 Å². The maximum atomic E-state index is 5.54. The van der Waals surface area contributed by atoms with Crippen molar-refractivity contribution in [1.29, 1.82) is 0 Å². The van der Waals surface area contributed by atoms with E-state index in [0.29, 0.717) is 11.4 Å². The Balaban J connectivity index is 1.68. The number of aliphatic imine (C=N–C) groups is 1. The molecular weight excluding hydrogens is 258 g/mol. The van der Waals surface area contributed by atoms with Crippen LogP contribution in [0, 0.1) is 6.92 Å². The molecule has 1 aromatic rings. The minimum Gasteiger partial charge on any atom is -0.444 e. The van der Waals surface area contributed by atoms with Crippen molar-refractivity contribution < 1.29 is 4.42 Å². The lowest BCUT2D eigenvalue weighted by molar-refractivity contribution is 0.303. The minimum absolute atomic E-state index is 0.0116. The fourth-order valence-corrected chi connectivity index (χ4v) is 4.16. The second-order valence-electron chi connectivity index (χ2n) is 5.67. The van der Waals surface area contributed by atoms with Crippen molar-refractivity contribution in [2.24, 2.45) is 4.99 Å². The third-order valence-corrected chi connectivity index (χ3v) is 5.15. The summed E-state index contributed by atoms with van der Waals surface area (Å²) in [7, 11) is 0. The first kappa shape index (κ1) is 13.0. The van der Waals surface area contributed by atoms with Crippen molar-refractivity contribution in [2.75, 3.05) is 5.75 Å². The van der Waals surface area contributed by atoms with Crippen molar-refractivity contribution in [1.82, 2.24) is 10.3 Å². The molecule has 0 bridgehead atoms. The zero-order valence-corrected chi connectivity index (χ0v) is 12.4. The topological polar surface area (TPSA) is 50.4 Å². The molecule has 1 saturated carbocycles. The summed E-state index contributed by atoms with van der Waals surface area (Å²) in [5.41, 5.74) is 0.313. The van der Waals surface area contributed by atoms with Crippen LogP contribution in [0.1, 0.15) is 56.7 Å². The number of hydrogen-bond donors (Lipinski definition) is 1. The lowest BCUT2D eigenvalue weighted by Crippen LogP contribution is -2.45. The van der Waals surface area contributed by atoms with Crippen LogP contribution >= 0.6 is 11.8 Å². The molecule has 4 nitrogen and oxygen atoms in total. The third kappa shape index (κ3) is 2.81. The molecule has 1 unspecified atom stereocenters. The molecule has 1 atom stereocenters. The number of amidine groups is 1. The summed E-state index contributed by atoms with van der Waals surface area (Å²) in [5.74, 6) is 2.71. The molecule has 2 aliphatic rings. The fourth-order valence-electron chi connectivity index (χ4n) is 2.87. The van der Waals surface area contributed by atoms with E-state index in [1.807, 2.05) is 25.6 Å². The molecule has 0 amide bonds. The van der Waals surface area contributed by atoms with Crippen molar-refractivity contribution >= 4 is 16.9 Å². The van der Waals surface area contributed by atoms with Crippen molar-refractivity contribution in [3.63, 3.8) is 0 Å². The zero-order valence-electron chi connectivity index (χ0n) is 11.6. The van der Waals surface area contributed by atoms with Crippen molar-refractivity contribution in [2.45, 2.75) is 57.5 Å². The Hall–Kier alpha value is -0.970. The van der Waals surface area contributed by atoms with Crippen LogP contribution in [0.5, 0.6) is 0 Å². The minimum atomic E-state index is -0.0116. The van der Waals surface area contributed by atoms with Gasteiger partial charge < -0.3 is 9.73 Å². The largest absolute Gasteiger partial charge is 0.444 e. The van der Waals surface area contributed by atoms with Gasteiger partial charge in [0, 0.05) is 11.3 Å². The summed E-state index contributed by atoms with van der Waals surface area (Å²) < 4.78 is 5.54. The van der Waals surface area contributed by atoms with E-state index in [-0.39, 0.29) is 6.04 Å². The maximum absolute atomic E-state index is 5.54. The third-order valence-electron chi connectivity index (χ3n) is 3.98. The Morgan fingerprint density at radius 3 is 2.89 bits per heavy atom. The molecule has 1 N–H and O–H groups in total. The molecule has 1 spiro atoms. The predicted octanol–water partition coefficient (Wildman–Crippen LogP) is 3.44. The predicted molar refractivity (Wildman–Crippen MR) is 78.5 cm³/mol. The number of nitrogens with one attached hydrogen (secondary N) is 1. The first-order valence-corrected chi connectivity index (χ1v) is 8.07. The normalized spacial score (nSPS) is 25.7. The average molecular weight is 279 g/mol. The van der Waals surface area contributed by atoms with Crippen LogP contribution in [0.3, 0.4) is 0 Å². The number of rotatable bonds is 2. The average Bonchev–Trinajstić information content (AvgIpc) is 2.98. The fraction of sp³-hybridized carbons (Fsp3) is 0.714. The monoisotopic (exact) mass is 279 g/mol. The van der Waals surface area contributed by atoms with Crippen LogP contribution in [-0.2, 0) is 0 Å². The van der Waals surface area contributed by atoms with Gasteiger partial charge in [-0.1, -0.05) is 31.0 Å². The summed E-state index contributed by atoms with van der Waals surface area (Å²) in [6, 6.07) is -0.0116. The first-order valence-electron chi connectivity index (χ1n) is 7.08. The highest BCUT2D eigenvalue weighted by atomic mass is 32.2. The molecule has 1 aliphatic heterocycles. The molecule has 2 heterocycles. The molecule has 1 aromatic heterocycles. The van der Waals surface area contributed by atoms with Gasteiger partial charge >= 0.3 is 0 Å².